The lowest BCUT2D eigenvalue weighted by molar-refractivity contribution is 0.0544. The van der Waals surface area contributed by atoms with E-state index < -0.39 is 11.7 Å². The van der Waals surface area contributed by atoms with Crippen molar-refractivity contribution in [2.75, 3.05) is 0 Å². The van der Waals surface area contributed by atoms with Gasteiger partial charge in [-0.2, -0.15) is 0 Å². The van der Waals surface area contributed by atoms with Crippen LogP contribution < -0.4 is 0 Å². The lowest BCUT2D eigenvalue weighted by atomic mass is 10.2. The molecule has 2 aromatic rings. The van der Waals surface area contributed by atoms with Crippen LogP contribution >= 0.6 is 23.2 Å². The number of ether oxygens (including phenoxy) is 1. The number of carbonyl (C=O) groups is 1. The van der Waals surface area contributed by atoms with E-state index in [0.717, 1.165) is 0 Å². The summed E-state index contributed by atoms with van der Waals surface area (Å²) in [4.78, 5) is 12.2. The molecule has 1 N–H and O–H groups in total. The van der Waals surface area contributed by atoms with Crippen LogP contribution in [-0.2, 0) is 11.3 Å². The minimum atomic E-state index is -0.608. The normalized spacial score (nSPS) is 11.9. The van der Waals surface area contributed by atoms with Gasteiger partial charge in [0.05, 0.1) is 22.2 Å². The van der Waals surface area contributed by atoms with Crippen molar-refractivity contribution in [1.82, 2.24) is 4.57 Å². The molecule has 1 heterocycles. The maximum absolute atomic E-state index is 12.2. The van der Waals surface area contributed by atoms with Gasteiger partial charge in [0.2, 0.25) is 0 Å². The monoisotopic (exact) mass is 315 g/mol. The SMILES string of the molecule is CC(C)(C)OC(=O)n1cc(CO)c2c(Cl)c(Cl)ccc21. The number of benzene rings is 1. The van der Waals surface area contributed by atoms with E-state index in [0.29, 0.717) is 26.5 Å². The van der Waals surface area contributed by atoms with Crippen LogP contribution in [0.2, 0.25) is 10.0 Å². The van der Waals surface area contributed by atoms with Crippen molar-refractivity contribution < 1.29 is 14.6 Å². The maximum Gasteiger partial charge on any atom is 0.419 e. The molecule has 2 rings (SSSR count). The molecule has 1 aromatic heterocycles. The fraction of sp³-hybridized carbons (Fsp3) is 0.357. The summed E-state index contributed by atoms with van der Waals surface area (Å²) in [6, 6.07) is 3.28. The van der Waals surface area contributed by atoms with E-state index in [1.54, 1.807) is 32.9 Å². The summed E-state index contributed by atoms with van der Waals surface area (Å²) in [5.41, 5.74) is 0.472. The molecule has 0 aliphatic heterocycles. The first-order valence-corrected chi connectivity index (χ1v) is 6.82. The first-order chi connectivity index (χ1) is 9.24. The van der Waals surface area contributed by atoms with Crippen molar-refractivity contribution in [2.45, 2.75) is 33.0 Å². The van der Waals surface area contributed by atoms with Gasteiger partial charge in [0.1, 0.15) is 5.60 Å². The Balaban J connectivity index is 2.61. The molecule has 0 aliphatic rings. The van der Waals surface area contributed by atoms with Crippen molar-refractivity contribution in [2.24, 2.45) is 0 Å². The Bertz CT molecular complexity index is 671. The number of aliphatic hydroxyl groups excluding tert-OH is 1. The third-order valence-corrected chi connectivity index (χ3v) is 3.50. The average molecular weight is 316 g/mol. The van der Waals surface area contributed by atoms with Crippen LogP contribution in [0.25, 0.3) is 10.9 Å². The Hall–Kier alpha value is -1.23. The molecule has 4 nitrogen and oxygen atoms in total. The van der Waals surface area contributed by atoms with Gasteiger partial charge in [-0.15, -0.1) is 0 Å². The Morgan fingerprint density at radius 1 is 1.35 bits per heavy atom. The van der Waals surface area contributed by atoms with E-state index >= 15 is 0 Å². The second-order valence-corrected chi connectivity index (χ2v) is 6.20. The molecular weight excluding hydrogens is 301 g/mol. The molecule has 0 spiro atoms. The number of rotatable bonds is 1. The number of nitrogens with zero attached hydrogens (tertiary/aromatic N) is 1. The van der Waals surface area contributed by atoms with Crippen molar-refractivity contribution in [1.29, 1.82) is 0 Å². The summed E-state index contributed by atoms with van der Waals surface area (Å²) >= 11 is 12.1. The second-order valence-electron chi connectivity index (χ2n) is 5.42. The molecular formula is C14H15Cl2NO3. The first kappa shape index (κ1) is 15.2. The standard InChI is InChI=1S/C14H15Cl2NO3/c1-14(2,3)20-13(19)17-6-8(7-18)11-10(17)5-4-9(15)12(11)16/h4-6,18H,7H2,1-3H3. The largest absolute Gasteiger partial charge is 0.443 e. The zero-order chi connectivity index (χ0) is 15.1. The highest BCUT2D eigenvalue weighted by Gasteiger charge is 2.22. The summed E-state index contributed by atoms with van der Waals surface area (Å²) in [6.07, 6.45) is 0.988. The van der Waals surface area contributed by atoms with Gasteiger partial charge >= 0.3 is 6.09 Å². The Labute approximate surface area is 126 Å². The number of aromatic nitrogens is 1. The van der Waals surface area contributed by atoms with Gasteiger partial charge < -0.3 is 9.84 Å². The molecule has 108 valence electrons. The third kappa shape index (κ3) is 2.77. The molecule has 0 unspecified atom stereocenters. The van der Waals surface area contributed by atoms with Crippen LogP contribution in [0.3, 0.4) is 0 Å². The van der Waals surface area contributed by atoms with Crippen molar-refractivity contribution in [3.63, 3.8) is 0 Å². The van der Waals surface area contributed by atoms with Gasteiger partial charge in [0.15, 0.2) is 0 Å². The molecule has 0 radical (unpaired) electrons. The summed E-state index contributed by atoms with van der Waals surface area (Å²) in [5, 5.41) is 10.7. The number of carbonyl (C=O) groups excluding carboxylic acids is 1. The zero-order valence-electron chi connectivity index (χ0n) is 11.4. The Morgan fingerprint density at radius 3 is 2.55 bits per heavy atom. The number of hydrogen-bond donors (Lipinski definition) is 1. The van der Waals surface area contributed by atoms with Gasteiger partial charge in [0.25, 0.3) is 0 Å². The van der Waals surface area contributed by atoms with Crippen LogP contribution in [0.5, 0.6) is 0 Å². The predicted octanol–water partition coefficient (Wildman–Crippen LogP) is 4.22. The number of halogens is 2. The highest BCUT2D eigenvalue weighted by molar-refractivity contribution is 6.45. The van der Waals surface area contributed by atoms with Gasteiger partial charge in [-0.05, 0) is 32.9 Å². The average Bonchev–Trinajstić information content (AvgIpc) is 2.71. The summed E-state index contributed by atoms with van der Waals surface area (Å²) in [7, 11) is 0. The molecule has 0 aliphatic carbocycles. The Morgan fingerprint density at radius 2 is 2.00 bits per heavy atom. The van der Waals surface area contributed by atoms with E-state index in [9.17, 15) is 9.90 Å². The minimum Gasteiger partial charge on any atom is -0.443 e. The summed E-state index contributed by atoms with van der Waals surface area (Å²) < 4.78 is 6.65. The molecule has 6 heteroatoms. The lowest BCUT2D eigenvalue weighted by Gasteiger charge is -2.19. The number of aliphatic hydroxyl groups is 1. The molecule has 0 saturated carbocycles. The van der Waals surface area contributed by atoms with Crippen molar-refractivity contribution in [3.8, 4) is 0 Å². The highest BCUT2D eigenvalue weighted by atomic mass is 35.5. The highest BCUT2D eigenvalue weighted by Crippen LogP contribution is 2.34. The predicted molar refractivity (Wildman–Crippen MR) is 79.5 cm³/mol. The van der Waals surface area contributed by atoms with E-state index in [2.05, 4.69) is 0 Å². The molecule has 0 bridgehead atoms. The molecule has 0 fully saturated rings. The zero-order valence-corrected chi connectivity index (χ0v) is 12.9. The number of hydrogen-bond acceptors (Lipinski definition) is 3. The van der Waals surface area contributed by atoms with Gasteiger partial charge in [-0.25, -0.2) is 4.79 Å². The molecule has 0 atom stereocenters. The smallest absolute Gasteiger partial charge is 0.419 e. The fourth-order valence-corrected chi connectivity index (χ4v) is 2.36. The topological polar surface area (TPSA) is 51.5 Å². The van der Waals surface area contributed by atoms with Gasteiger partial charge in [-0.3, -0.25) is 4.57 Å². The lowest BCUT2D eigenvalue weighted by Crippen LogP contribution is -2.26. The third-order valence-electron chi connectivity index (χ3n) is 2.70. The van der Waals surface area contributed by atoms with Gasteiger partial charge in [0, 0.05) is 17.1 Å². The van der Waals surface area contributed by atoms with E-state index in [-0.39, 0.29) is 6.61 Å². The maximum atomic E-state index is 12.2. The van der Waals surface area contributed by atoms with Crippen LogP contribution in [0.15, 0.2) is 18.3 Å². The second kappa shape index (κ2) is 5.28. The first-order valence-electron chi connectivity index (χ1n) is 6.06. The van der Waals surface area contributed by atoms with Crippen molar-refractivity contribution in [3.05, 3.63) is 33.9 Å². The quantitative estimate of drug-likeness (QED) is 0.857. The molecule has 0 saturated heterocycles. The van der Waals surface area contributed by atoms with E-state index in [1.807, 2.05) is 0 Å². The summed E-state index contributed by atoms with van der Waals surface area (Å²) in [5.74, 6) is 0. The van der Waals surface area contributed by atoms with Crippen molar-refractivity contribution >= 4 is 40.2 Å². The molecule has 0 amide bonds. The fourth-order valence-electron chi connectivity index (χ4n) is 1.92. The van der Waals surface area contributed by atoms with Crippen LogP contribution in [-0.4, -0.2) is 21.4 Å². The van der Waals surface area contributed by atoms with Crippen LogP contribution in [0.1, 0.15) is 26.3 Å². The molecule has 1 aromatic carbocycles. The minimum absolute atomic E-state index is 0.244. The Kier molecular flexibility index (Phi) is 4.00. The van der Waals surface area contributed by atoms with Crippen LogP contribution in [0.4, 0.5) is 4.79 Å². The van der Waals surface area contributed by atoms with Crippen LogP contribution in [0, 0.1) is 0 Å². The number of fused-ring (bicyclic) bond motifs is 1. The van der Waals surface area contributed by atoms with E-state index in [4.69, 9.17) is 27.9 Å². The van der Waals surface area contributed by atoms with E-state index in [1.165, 1.54) is 10.8 Å². The summed E-state index contributed by atoms with van der Waals surface area (Å²) in [6.45, 7) is 5.11. The molecule has 20 heavy (non-hydrogen) atoms. The van der Waals surface area contributed by atoms with Gasteiger partial charge in [-0.1, -0.05) is 23.2 Å².